The van der Waals surface area contributed by atoms with Crippen molar-refractivity contribution < 1.29 is 19.7 Å². The highest BCUT2D eigenvalue weighted by Gasteiger charge is 2.18. The van der Waals surface area contributed by atoms with Crippen LogP contribution in [0.4, 0.5) is 0 Å². The van der Waals surface area contributed by atoms with Gasteiger partial charge in [0.2, 0.25) is 0 Å². The molecule has 3 aromatic rings. The normalized spacial score (nSPS) is 13.0. The van der Waals surface area contributed by atoms with Gasteiger partial charge >= 0.3 is 5.97 Å². The fraction of sp³-hybridized carbons (Fsp3) is 0.208. The second kappa shape index (κ2) is 8.99. The third-order valence-corrected chi connectivity index (χ3v) is 6.47. The fourth-order valence-corrected chi connectivity index (χ4v) is 4.76. The van der Waals surface area contributed by atoms with E-state index < -0.39 is 5.97 Å². The second-order valence-electron chi connectivity index (χ2n) is 7.37. The first-order valence-electron chi connectivity index (χ1n) is 9.84. The number of aliphatic imine (C=N–C) groups is 1. The van der Waals surface area contributed by atoms with Crippen LogP contribution in [0.3, 0.4) is 0 Å². The maximum Gasteiger partial charge on any atom is 0.335 e. The molecule has 0 aliphatic carbocycles. The van der Waals surface area contributed by atoms with Gasteiger partial charge in [-0.2, -0.15) is 0 Å². The van der Waals surface area contributed by atoms with E-state index in [2.05, 4.69) is 11.1 Å². The fourth-order valence-electron chi connectivity index (χ4n) is 3.53. The molecule has 7 heteroatoms. The number of ether oxygens (including phenoxy) is 1. The van der Waals surface area contributed by atoms with Gasteiger partial charge < -0.3 is 14.9 Å². The summed E-state index contributed by atoms with van der Waals surface area (Å²) in [4.78, 5) is 17.2. The molecule has 0 fully saturated rings. The molecule has 158 valence electrons. The second-order valence-corrected chi connectivity index (χ2v) is 8.83. The standard InChI is InChI=1S/C24H21NO4S2/c1-14(25-12-19(30)10-15-3-2-4-18(9-15)24(27)28)20-13-31-23(22(20)26)17-5-6-21-16(11-17)7-8-29-21/h2-6,9,11,13,26H,7-8,10,12H2,1H3,(H,27,28). The van der Waals surface area contributed by atoms with Crippen LogP contribution in [0.2, 0.25) is 0 Å². The van der Waals surface area contributed by atoms with Gasteiger partial charge in [-0.15, -0.1) is 11.3 Å². The van der Waals surface area contributed by atoms with Crippen LogP contribution >= 0.6 is 23.6 Å². The molecule has 1 aromatic heterocycles. The molecular weight excluding hydrogens is 430 g/mol. The van der Waals surface area contributed by atoms with E-state index in [4.69, 9.17) is 22.1 Å². The Kier molecular flexibility index (Phi) is 6.15. The molecule has 2 N–H and O–H groups in total. The van der Waals surface area contributed by atoms with Crippen molar-refractivity contribution in [3.05, 3.63) is 70.1 Å². The SMILES string of the molecule is CC(=NCC(=S)Cc1cccc(C(=O)O)c1)c1csc(-c2ccc3c(c2)CCO3)c1O. The molecule has 2 aromatic carbocycles. The highest BCUT2D eigenvalue weighted by molar-refractivity contribution is 7.80. The van der Waals surface area contributed by atoms with Crippen molar-refractivity contribution in [1.82, 2.24) is 0 Å². The molecule has 1 aliphatic rings. The summed E-state index contributed by atoms with van der Waals surface area (Å²) in [7, 11) is 0. The maximum atomic E-state index is 11.1. The zero-order chi connectivity index (χ0) is 22.0. The van der Waals surface area contributed by atoms with Crippen LogP contribution in [-0.4, -0.2) is 39.9 Å². The number of thiocarbonyl (C=S) groups is 1. The Balaban J connectivity index is 1.46. The van der Waals surface area contributed by atoms with Crippen molar-refractivity contribution >= 4 is 40.1 Å². The Morgan fingerprint density at radius 3 is 2.90 bits per heavy atom. The third-order valence-electron chi connectivity index (χ3n) is 5.17. The van der Waals surface area contributed by atoms with E-state index in [1.165, 1.54) is 11.3 Å². The van der Waals surface area contributed by atoms with Gasteiger partial charge in [0, 0.05) is 34.4 Å². The van der Waals surface area contributed by atoms with Crippen molar-refractivity contribution in [3.8, 4) is 21.9 Å². The van der Waals surface area contributed by atoms with Crippen molar-refractivity contribution in [2.45, 2.75) is 19.8 Å². The molecule has 0 saturated carbocycles. The molecule has 4 rings (SSSR count). The van der Waals surface area contributed by atoms with Gasteiger partial charge in [0.25, 0.3) is 0 Å². The van der Waals surface area contributed by atoms with Crippen LogP contribution < -0.4 is 4.74 Å². The number of aromatic carboxylic acids is 1. The number of carboxylic acids is 1. The molecule has 0 bridgehead atoms. The summed E-state index contributed by atoms with van der Waals surface area (Å²) < 4.78 is 5.56. The van der Waals surface area contributed by atoms with Crippen LogP contribution in [0.25, 0.3) is 10.4 Å². The van der Waals surface area contributed by atoms with E-state index in [-0.39, 0.29) is 11.3 Å². The average Bonchev–Trinajstić information content (AvgIpc) is 3.38. The van der Waals surface area contributed by atoms with Gasteiger partial charge in [-0.1, -0.05) is 24.4 Å². The van der Waals surface area contributed by atoms with E-state index in [0.717, 1.165) is 33.7 Å². The number of rotatable bonds is 7. The lowest BCUT2D eigenvalue weighted by Crippen LogP contribution is -2.07. The number of carboxylic acid groups (broad SMARTS) is 1. The number of benzene rings is 2. The summed E-state index contributed by atoms with van der Waals surface area (Å²) in [6.45, 7) is 2.89. The Labute approximate surface area is 189 Å². The minimum atomic E-state index is -0.957. The van der Waals surface area contributed by atoms with E-state index in [1.807, 2.05) is 30.5 Å². The molecule has 0 unspecified atom stereocenters. The van der Waals surface area contributed by atoms with Crippen LogP contribution in [0.5, 0.6) is 11.5 Å². The monoisotopic (exact) mass is 451 g/mol. The summed E-state index contributed by atoms with van der Waals surface area (Å²) in [5, 5.41) is 21.8. The lowest BCUT2D eigenvalue weighted by atomic mass is 10.1. The molecule has 1 aliphatic heterocycles. The third kappa shape index (κ3) is 4.68. The summed E-state index contributed by atoms with van der Waals surface area (Å²) >= 11 is 6.93. The number of thiophene rings is 1. The van der Waals surface area contributed by atoms with Crippen LogP contribution in [0.15, 0.2) is 52.8 Å². The summed E-state index contributed by atoms with van der Waals surface area (Å²) in [5.41, 5.74) is 4.64. The van der Waals surface area contributed by atoms with E-state index >= 15 is 0 Å². The molecule has 0 radical (unpaired) electrons. The highest BCUT2D eigenvalue weighted by Crippen LogP contribution is 2.40. The van der Waals surface area contributed by atoms with Crippen molar-refractivity contribution in [2.24, 2.45) is 4.99 Å². The van der Waals surface area contributed by atoms with Gasteiger partial charge in [-0.05, 0) is 53.9 Å². The Morgan fingerprint density at radius 1 is 1.26 bits per heavy atom. The predicted octanol–water partition coefficient (Wildman–Crippen LogP) is 5.18. The first kappa shape index (κ1) is 21.2. The zero-order valence-corrected chi connectivity index (χ0v) is 18.6. The molecule has 0 amide bonds. The summed E-state index contributed by atoms with van der Waals surface area (Å²) in [6.07, 6.45) is 1.36. The zero-order valence-electron chi connectivity index (χ0n) is 16.9. The van der Waals surface area contributed by atoms with Crippen LogP contribution in [-0.2, 0) is 12.8 Å². The maximum absolute atomic E-state index is 11.1. The number of nitrogens with zero attached hydrogens (tertiary/aromatic N) is 1. The minimum Gasteiger partial charge on any atom is -0.506 e. The van der Waals surface area contributed by atoms with E-state index in [1.54, 1.807) is 18.2 Å². The molecule has 0 spiro atoms. The first-order chi connectivity index (χ1) is 14.9. The Bertz CT molecular complexity index is 1200. The number of hydrogen-bond donors (Lipinski definition) is 2. The lowest BCUT2D eigenvalue weighted by Gasteiger charge is -2.05. The predicted molar refractivity (Wildman–Crippen MR) is 127 cm³/mol. The van der Waals surface area contributed by atoms with Crippen molar-refractivity contribution in [1.29, 1.82) is 0 Å². The summed E-state index contributed by atoms with van der Waals surface area (Å²) in [6, 6.07) is 12.7. The van der Waals surface area contributed by atoms with Crippen molar-refractivity contribution in [2.75, 3.05) is 13.2 Å². The molecule has 5 nitrogen and oxygen atoms in total. The van der Waals surface area contributed by atoms with Crippen LogP contribution in [0, 0.1) is 0 Å². The minimum absolute atomic E-state index is 0.227. The van der Waals surface area contributed by atoms with Gasteiger partial charge in [-0.25, -0.2) is 4.79 Å². The van der Waals surface area contributed by atoms with Crippen molar-refractivity contribution in [3.63, 3.8) is 0 Å². The quantitative estimate of drug-likeness (QED) is 0.382. The largest absolute Gasteiger partial charge is 0.506 e. The average molecular weight is 452 g/mol. The summed E-state index contributed by atoms with van der Waals surface area (Å²) in [5.74, 6) is 0.187. The number of hydrogen-bond acceptors (Lipinski definition) is 6. The van der Waals surface area contributed by atoms with Crippen LogP contribution in [0.1, 0.15) is 34.0 Å². The van der Waals surface area contributed by atoms with Gasteiger partial charge in [-0.3, -0.25) is 4.99 Å². The first-order valence-corrected chi connectivity index (χ1v) is 11.1. The number of carbonyl (C=O) groups is 1. The lowest BCUT2D eigenvalue weighted by molar-refractivity contribution is 0.0696. The molecule has 31 heavy (non-hydrogen) atoms. The van der Waals surface area contributed by atoms with Gasteiger partial charge in [0.1, 0.15) is 11.5 Å². The topological polar surface area (TPSA) is 79.1 Å². The number of fused-ring (bicyclic) bond motifs is 1. The van der Waals surface area contributed by atoms with Gasteiger partial charge in [0.05, 0.1) is 23.6 Å². The Hall–Kier alpha value is -3.03. The van der Waals surface area contributed by atoms with Gasteiger partial charge in [0.15, 0.2) is 0 Å². The van der Waals surface area contributed by atoms with E-state index in [9.17, 15) is 9.90 Å². The molecule has 0 atom stereocenters. The Morgan fingerprint density at radius 2 is 2.10 bits per heavy atom. The highest BCUT2D eigenvalue weighted by atomic mass is 32.1. The smallest absolute Gasteiger partial charge is 0.335 e. The molecular formula is C24H21NO4S2. The molecule has 0 saturated heterocycles. The molecule has 2 heterocycles. The number of aromatic hydroxyl groups is 1. The van der Waals surface area contributed by atoms with E-state index in [0.29, 0.717) is 35.7 Å².